The first-order valence-electron chi connectivity index (χ1n) is 11.0. The Morgan fingerprint density at radius 2 is 1.94 bits per heavy atom. The Morgan fingerprint density at radius 1 is 1.06 bits per heavy atom. The van der Waals surface area contributed by atoms with Gasteiger partial charge in [-0.05, 0) is 54.8 Å². The molecule has 1 aliphatic heterocycles. The standard InChI is InChI=1S/C25H29N5O2/c1-19-4-5-24(14-28-19)32-18-22-11-23(25(31)29-13-21-3-2-8-27-12-21)17-30(16-22)15-20-6-9-26-10-7-20/h2-10,12,14,22-23H,11,13,15-18H2,1H3,(H,29,31)/t22-,23+/m0/s1. The molecule has 2 atom stereocenters. The fraction of sp³-hybridized carbons (Fsp3) is 0.360. The molecular weight excluding hydrogens is 402 g/mol. The average Bonchev–Trinajstić information content (AvgIpc) is 2.83. The Morgan fingerprint density at radius 3 is 2.69 bits per heavy atom. The summed E-state index contributed by atoms with van der Waals surface area (Å²) in [7, 11) is 0. The molecule has 1 aliphatic rings. The highest BCUT2D eigenvalue weighted by molar-refractivity contribution is 5.79. The topological polar surface area (TPSA) is 80.2 Å². The number of hydrogen-bond acceptors (Lipinski definition) is 6. The summed E-state index contributed by atoms with van der Waals surface area (Å²) < 4.78 is 6.02. The third-order valence-electron chi connectivity index (χ3n) is 5.70. The minimum atomic E-state index is -0.0907. The molecule has 4 rings (SSSR count). The average molecular weight is 432 g/mol. The molecule has 3 aromatic rings. The van der Waals surface area contributed by atoms with Crippen LogP contribution in [0.15, 0.2) is 67.4 Å². The Bertz CT molecular complexity index is 982. The summed E-state index contributed by atoms with van der Waals surface area (Å²) in [6.07, 6.45) is 9.68. The summed E-state index contributed by atoms with van der Waals surface area (Å²) >= 11 is 0. The molecule has 0 aliphatic carbocycles. The first kappa shape index (κ1) is 21.9. The number of piperidine rings is 1. The van der Waals surface area contributed by atoms with Crippen LogP contribution in [0.3, 0.4) is 0 Å². The Labute approximate surface area is 188 Å². The van der Waals surface area contributed by atoms with Crippen LogP contribution >= 0.6 is 0 Å². The Hall–Kier alpha value is -3.32. The minimum Gasteiger partial charge on any atom is -0.492 e. The van der Waals surface area contributed by atoms with Crippen LogP contribution in [0.4, 0.5) is 0 Å². The highest BCUT2D eigenvalue weighted by Crippen LogP contribution is 2.25. The van der Waals surface area contributed by atoms with Crippen LogP contribution < -0.4 is 10.1 Å². The van der Waals surface area contributed by atoms with E-state index in [1.54, 1.807) is 18.6 Å². The van der Waals surface area contributed by atoms with Gasteiger partial charge in [-0.3, -0.25) is 24.6 Å². The molecule has 3 aromatic heterocycles. The minimum absolute atomic E-state index is 0.0790. The van der Waals surface area contributed by atoms with Gasteiger partial charge in [0.25, 0.3) is 0 Å². The molecule has 7 heteroatoms. The van der Waals surface area contributed by atoms with Gasteiger partial charge in [0.05, 0.1) is 18.7 Å². The van der Waals surface area contributed by atoms with Crippen molar-refractivity contribution in [1.82, 2.24) is 25.2 Å². The third-order valence-corrected chi connectivity index (χ3v) is 5.70. The largest absolute Gasteiger partial charge is 0.492 e. The van der Waals surface area contributed by atoms with Crippen LogP contribution in [0.25, 0.3) is 0 Å². The number of nitrogens with one attached hydrogen (secondary N) is 1. The predicted octanol–water partition coefficient (Wildman–Crippen LogP) is 3.01. The molecule has 32 heavy (non-hydrogen) atoms. The number of amides is 1. The van der Waals surface area contributed by atoms with Crippen molar-refractivity contribution in [2.45, 2.75) is 26.4 Å². The normalized spacial score (nSPS) is 18.8. The fourth-order valence-corrected chi connectivity index (χ4v) is 4.08. The van der Waals surface area contributed by atoms with E-state index in [1.165, 1.54) is 5.56 Å². The van der Waals surface area contributed by atoms with E-state index in [9.17, 15) is 4.79 Å². The van der Waals surface area contributed by atoms with Gasteiger partial charge in [0.15, 0.2) is 0 Å². The lowest BCUT2D eigenvalue weighted by molar-refractivity contribution is -0.128. The summed E-state index contributed by atoms with van der Waals surface area (Å²) in [4.78, 5) is 27.9. The number of aromatic nitrogens is 3. The number of nitrogens with zero attached hydrogens (tertiary/aromatic N) is 4. The van der Waals surface area contributed by atoms with Gasteiger partial charge in [-0.1, -0.05) is 6.07 Å². The van der Waals surface area contributed by atoms with Crippen molar-refractivity contribution in [2.75, 3.05) is 19.7 Å². The molecule has 166 valence electrons. The summed E-state index contributed by atoms with van der Waals surface area (Å²) in [5, 5.41) is 3.09. The number of carbonyl (C=O) groups excluding carboxylic acids is 1. The summed E-state index contributed by atoms with van der Waals surface area (Å²) in [5.74, 6) is 1.00. The number of hydrogen-bond donors (Lipinski definition) is 1. The van der Waals surface area contributed by atoms with Gasteiger partial charge >= 0.3 is 0 Å². The van der Waals surface area contributed by atoms with E-state index >= 15 is 0 Å². The zero-order valence-electron chi connectivity index (χ0n) is 18.4. The molecule has 0 bridgehead atoms. The molecule has 4 heterocycles. The number of carbonyl (C=O) groups is 1. The second kappa shape index (κ2) is 10.8. The maximum absolute atomic E-state index is 13.0. The van der Waals surface area contributed by atoms with Crippen molar-refractivity contribution in [3.8, 4) is 5.75 Å². The van der Waals surface area contributed by atoms with E-state index in [0.29, 0.717) is 13.2 Å². The van der Waals surface area contributed by atoms with Crippen molar-refractivity contribution in [1.29, 1.82) is 0 Å². The summed E-state index contributed by atoms with van der Waals surface area (Å²) in [6, 6.07) is 11.8. The van der Waals surface area contributed by atoms with E-state index in [2.05, 4.69) is 25.2 Å². The van der Waals surface area contributed by atoms with Crippen molar-refractivity contribution in [2.24, 2.45) is 11.8 Å². The van der Waals surface area contributed by atoms with Crippen LogP contribution in [0.5, 0.6) is 5.75 Å². The Balaban J connectivity index is 1.39. The van der Waals surface area contributed by atoms with Crippen molar-refractivity contribution < 1.29 is 9.53 Å². The number of rotatable bonds is 8. The molecule has 7 nitrogen and oxygen atoms in total. The van der Waals surface area contributed by atoms with E-state index in [-0.39, 0.29) is 17.7 Å². The quantitative estimate of drug-likeness (QED) is 0.591. The second-order valence-corrected chi connectivity index (χ2v) is 8.37. The number of aryl methyl sites for hydroxylation is 1. The molecule has 0 saturated carbocycles. The van der Waals surface area contributed by atoms with Crippen molar-refractivity contribution in [3.05, 3.63) is 84.2 Å². The van der Waals surface area contributed by atoms with Gasteiger partial charge in [0, 0.05) is 62.6 Å². The number of likely N-dealkylation sites (tertiary alicyclic amines) is 1. The molecule has 0 radical (unpaired) electrons. The van der Waals surface area contributed by atoms with Gasteiger partial charge in [-0.25, -0.2) is 0 Å². The number of ether oxygens (including phenoxy) is 1. The molecule has 1 saturated heterocycles. The smallest absolute Gasteiger partial charge is 0.224 e. The lowest BCUT2D eigenvalue weighted by atomic mass is 9.88. The van der Waals surface area contributed by atoms with Gasteiger partial charge in [0.1, 0.15) is 5.75 Å². The monoisotopic (exact) mass is 431 g/mol. The molecule has 0 aromatic carbocycles. The van der Waals surface area contributed by atoms with Gasteiger partial charge in [-0.15, -0.1) is 0 Å². The lowest BCUT2D eigenvalue weighted by Gasteiger charge is -2.37. The van der Waals surface area contributed by atoms with Crippen molar-refractivity contribution in [3.63, 3.8) is 0 Å². The van der Waals surface area contributed by atoms with E-state index in [0.717, 1.165) is 43.1 Å². The zero-order valence-corrected chi connectivity index (χ0v) is 18.4. The second-order valence-electron chi connectivity index (χ2n) is 8.37. The maximum atomic E-state index is 13.0. The van der Waals surface area contributed by atoms with Crippen LogP contribution in [0, 0.1) is 18.8 Å². The fourth-order valence-electron chi connectivity index (χ4n) is 4.08. The summed E-state index contributed by atoms with van der Waals surface area (Å²) in [5.41, 5.74) is 3.15. The lowest BCUT2D eigenvalue weighted by Crippen LogP contribution is -2.47. The van der Waals surface area contributed by atoms with Gasteiger partial charge in [0.2, 0.25) is 5.91 Å². The van der Waals surface area contributed by atoms with Crippen LogP contribution in [0.1, 0.15) is 23.2 Å². The van der Waals surface area contributed by atoms with Gasteiger partial charge < -0.3 is 10.1 Å². The first-order chi connectivity index (χ1) is 15.7. The molecule has 1 fully saturated rings. The van der Waals surface area contributed by atoms with Crippen LogP contribution in [-0.4, -0.2) is 45.5 Å². The number of pyridine rings is 3. The third kappa shape index (κ3) is 6.34. The summed E-state index contributed by atoms with van der Waals surface area (Å²) in [6.45, 7) is 5.40. The van der Waals surface area contributed by atoms with E-state index in [4.69, 9.17) is 4.74 Å². The zero-order chi connectivity index (χ0) is 22.2. The maximum Gasteiger partial charge on any atom is 0.224 e. The highest BCUT2D eigenvalue weighted by atomic mass is 16.5. The van der Waals surface area contributed by atoms with Crippen LogP contribution in [-0.2, 0) is 17.9 Å². The van der Waals surface area contributed by atoms with E-state index < -0.39 is 0 Å². The van der Waals surface area contributed by atoms with Crippen molar-refractivity contribution >= 4 is 5.91 Å². The highest BCUT2D eigenvalue weighted by Gasteiger charge is 2.32. The molecule has 1 N–H and O–H groups in total. The predicted molar refractivity (Wildman–Crippen MR) is 122 cm³/mol. The molecule has 0 unspecified atom stereocenters. The molecule has 0 spiro atoms. The SMILES string of the molecule is Cc1ccc(OC[C@H]2C[C@@H](C(=O)NCc3cccnc3)CN(Cc3ccncc3)C2)cn1. The molecule has 1 amide bonds. The van der Waals surface area contributed by atoms with Gasteiger partial charge in [-0.2, -0.15) is 0 Å². The Kier molecular flexibility index (Phi) is 7.40. The van der Waals surface area contributed by atoms with Crippen LogP contribution in [0.2, 0.25) is 0 Å². The van der Waals surface area contributed by atoms with E-state index in [1.807, 2.05) is 55.7 Å². The first-order valence-corrected chi connectivity index (χ1v) is 11.0. The molecular formula is C25H29N5O2.